The van der Waals surface area contributed by atoms with E-state index in [0.29, 0.717) is 41.2 Å². The number of benzene rings is 1. The number of nitrogens with zero attached hydrogens (tertiary/aromatic N) is 1. The molecule has 1 aliphatic rings. The Kier molecular flexibility index (Phi) is 5.47. The van der Waals surface area contributed by atoms with Crippen molar-refractivity contribution in [1.29, 1.82) is 0 Å². The van der Waals surface area contributed by atoms with E-state index >= 15 is 0 Å². The number of aliphatic carboxylic acids is 1. The van der Waals surface area contributed by atoms with Gasteiger partial charge in [0.25, 0.3) is 5.91 Å². The molecule has 1 aromatic carbocycles. The number of likely N-dealkylation sites (tertiary alicyclic amines) is 1. The van der Waals surface area contributed by atoms with Gasteiger partial charge in [0.05, 0.1) is 10.4 Å². The van der Waals surface area contributed by atoms with Gasteiger partial charge in [-0.2, -0.15) is 0 Å². The molecule has 1 aliphatic heterocycles. The number of hydrogen-bond donors (Lipinski definition) is 1. The number of hydrogen-bond acceptors (Lipinski definition) is 3. The monoisotopic (exact) mass is 375 g/mol. The van der Waals surface area contributed by atoms with Gasteiger partial charge in [0, 0.05) is 18.1 Å². The second-order valence-corrected chi connectivity index (χ2v) is 6.15. The number of ether oxygens (including phenoxy) is 1. The third-order valence-electron chi connectivity index (χ3n) is 3.44. The Morgan fingerprint density at radius 1 is 1.38 bits per heavy atom. The van der Waals surface area contributed by atoms with Gasteiger partial charge >= 0.3 is 5.97 Å². The summed E-state index contributed by atoms with van der Waals surface area (Å²) in [5.74, 6) is -0.724. The minimum Gasteiger partial charge on any atom is -0.483 e. The molecule has 114 valence electrons. The predicted molar refractivity (Wildman–Crippen MR) is 81.6 cm³/mol. The highest BCUT2D eigenvalue weighted by atomic mass is 79.9. The highest BCUT2D eigenvalue weighted by Gasteiger charge is 2.27. The summed E-state index contributed by atoms with van der Waals surface area (Å²) < 4.78 is 6.16. The van der Waals surface area contributed by atoms with E-state index in [-0.39, 0.29) is 18.4 Å². The smallest absolute Gasteiger partial charge is 0.306 e. The third kappa shape index (κ3) is 4.35. The van der Waals surface area contributed by atoms with Gasteiger partial charge in [0.15, 0.2) is 6.61 Å². The Morgan fingerprint density at radius 2 is 2.05 bits per heavy atom. The van der Waals surface area contributed by atoms with Crippen LogP contribution in [0.4, 0.5) is 0 Å². The summed E-state index contributed by atoms with van der Waals surface area (Å²) >= 11 is 9.15. The summed E-state index contributed by atoms with van der Waals surface area (Å²) in [5, 5.41) is 9.50. The van der Waals surface area contributed by atoms with Crippen LogP contribution in [0.5, 0.6) is 5.75 Å². The van der Waals surface area contributed by atoms with Crippen LogP contribution in [0.1, 0.15) is 12.8 Å². The lowest BCUT2D eigenvalue weighted by Gasteiger charge is -2.30. The first-order valence-corrected chi connectivity index (χ1v) is 7.73. The predicted octanol–water partition coefficient (Wildman–Crippen LogP) is 2.80. The molecule has 1 amide bonds. The van der Waals surface area contributed by atoms with Crippen LogP contribution < -0.4 is 4.74 Å². The largest absolute Gasteiger partial charge is 0.483 e. The maximum absolute atomic E-state index is 12.0. The molecule has 0 atom stereocenters. The molecule has 1 saturated heterocycles. The van der Waals surface area contributed by atoms with Crippen molar-refractivity contribution in [1.82, 2.24) is 4.90 Å². The standard InChI is InChI=1S/C14H15BrClNO4/c15-11-7-10(16)1-2-12(11)21-8-13(18)17-5-3-9(4-6-17)14(19)20/h1-2,7,9H,3-6,8H2,(H,19,20). The van der Waals surface area contributed by atoms with Gasteiger partial charge in [-0.1, -0.05) is 11.6 Å². The van der Waals surface area contributed by atoms with E-state index in [2.05, 4.69) is 15.9 Å². The zero-order valence-electron chi connectivity index (χ0n) is 11.2. The van der Waals surface area contributed by atoms with Crippen LogP contribution >= 0.6 is 27.5 Å². The number of amides is 1. The van der Waals surface area contributed by atoms with Gasteiger partial charge in [-0.05, 0) is 47.0 Å². The van der Waals surface area contributed by atoms with Gasteiger partial charge in [0.1, 0.15) is 5.75 Å². The number of carbonyl (C=O) groups is 2. The second-order valence-electron chi connectivity index (χ2n) is 4.86. The zero-order chi connectivity index (χ0) is 15.4. The van der Waals surface area contributed by atoms with Crippen molar-refractivity contribution < 1.29 is 19.4 Å². The lowest BCUT2D eigenvalue weighted by Crippen LogP contribution is -2.42. The normalized spacial score (nSPS) is 15.8. The average molecular weight is 377 g/mol. The number of piperidine rings is 1. The van der Waals surface area contributed by atoms with Crippen molar-refractivity contribution in [2.24, 2.45) is 5.92 Å². The number of carbonyl (C=O) groups excluding carboxylic acids is 1. The van der Waals surface area contributed by atoms with Gasteiger partial charge in [-0.25, -0.2) is 0 Å². The second kappa shape index (κ2) is 7.13. The topological polar surface area (TPSA) is 66.8 Å². The lowest BCUT2D eigenvalue weighted by atomic mass is 9.97. The molecule has 2 rings (SSSR count). The minimum absolute atomic E-state index is 0.0715. The number of carboxylic acids is 1. The summed E-state index contributed by atoms with van der Waals surface area (Å²) in [7, 11) is 0. The maximum Gasteiger partial charge on any atom is 0.306 e. The Morgan fingerprint density at radius 3 is 2.62 bits per heavy atom. The van der Waals surface area contributed by atoms with E-state index in [1.807, 2.05) is 0 Å². The van der Waals surface area contributed by atoms with Crippen LogP contribution in [0.25, 0.3) is 0 Å². The molecule has 0 radical (unpaired) electrons. The van der Waals surface area contributed by atoms with Crippen LogP contribution in [0.15, 0.2) is 22.7 Å². The average Bonchev–Trinajstić information content (AvgIpc) is 2.46. The number of rotatable bonds is 4. The van der Waals surface area contributed by atoms with E-state index in [0.717, 1.165) is 0 Å². The van der Waals surface area contributed by atoms with E-state index < -0.39 is 5.97 Å². The van der Waals surface area contributed by atoms with Crippen LogP contribution in [0, 0.1) is 5.92 Å². The molecule has 0 unspecified atom stereocenters. The Labute approximate surface area is 136 Å². The summed E-state index contributed by atoms with van der Waals surface area (Å²) in [6.07, 6.45) is 0.984. The molecular formula is C14H15BrClNO4. The molecule has 0 saturated carbocycles. The van der Waals surface area contributed by atoms with Gasteiger partial charge < -0.3 is 14.7 Å². The molecule has 0 aromatic heterocycles. The summed E-state index contributed by atoms with van der Waals surface area (Å²) in [6.45, 7) is 0.847. The fourth-order valence-corrected chi connectivity index (χ4v) is 3.00. The Balaban J connectivity index is 1.84. The van der Waals surface area contributed by atoms with E-state index in [1.165, 1.54) is 0 Å². The van der Waals surface area contributed by atoms with E-state index in [4.69, 9.17) is 21.4 Å². The fraction of sp³-hybridized carbons (Fsp3) is 0.429. The SMILES string of the molecule is O=C(O)C1CCN(C(=O)COc2ccc(Cl)cc2Br)CC1. The molecule has 0 spiro atoms. The summed E-state index contributed by atoms with van der Waals surface area (Å²) in [5.41, 5.74) is 0. The molecule has 7 heteroatoms. The minimum atomic E-state index is -0.788. The molecule has 1 heterocycles. The quantitative estimate of drug-likeness (QED) is 0.877. The van der Waals surface area contributed by atoms with Gasteiger partial charge in [-0.3, -0.25) is 9.59 Å². The lowest BCUT2D eigenvalue weighted by molar-refractivity contribution is -0.146. The van der Waals surface area contributed by atoms with E-state index in [9.17, 15) is 9.59 Å². The first-order valence-electron chi connectivity index (χ1n) is 6.56. The Hall–Kier alpha value is -1.27. The van der Waals surface area contributed by atoms with Crippen molar-refractivity contribution in [3.8, 4) is 5.75 Å². The summed E-state index contributed by atoms with van der Waals surface area (Å²) in [4.78, 5) is 24.5. The highest BCUT2D eigenvalue weighted by Crippen LogP contribution is 2.28. The highest BCUT2D eigenvalue weighted by molar-refractivity contribution is 9.10. The Bertz CT molecular complexity index is 544. The van der Waals surface area contributed by atoms with Gasteiger partial charge in [-0.15, -0.1) is 0 Å². The maximum atomic E-state index is 12.0. The molecule has 5 nitrogen and oxygen atoms in total. The van der Waals surface area contributed by atoms with Gasteiger partial charge in [0.2, 0.25) is 0 Å². The van der Waals surface area contributed by atoms with Crippen LogP contribution in [0.2, 0.25) is 5.02 Å². The first kappa shape index (κ1) is 16.1. The van der Waals surface area contributed by atoms with Crippen molar-refractivity contribution >= 4 is 39.4 Å². The zero-order valence-corrected chi connectivity index (χ0v) is 13.6. The number of carboxylic acid groups (broad SMARTS) is 1. The molecule has 1 fully saturated rings. The summed E-state index contributed by atoms with van der Waals surface area (Å²) in [6, 6.07) is 5.07. The molecule has 0 aliphatic carbocycles. The van der Waals surface area contributed by atoms with Crippen molar-refractivity contribution in [3.63, 3.8) is 0 Å². The number of halogens is 2. The third-order valence-corrected chi connectivity index (χ3v) is 4.30. The molecular weight excluding hydrogens is 362 g/mol. The van der Waals surface area contributed by atoms with E-state index in [1.54, 1.807) is 23.1 Å². The first-order chi connectivity index (χ1) is 9.97. The molecule has 0 bridgehead atoms. The van der Waals surface area contributed by atoms with Crippen molar-refractivity contribution in [2.45, 2.75) is 12.8 Å². The molecule has 1 N–H and O–H groups in total. The molecule has 21 heavy (non-hydrogen) atoms. The van der Waals surface area contributed by atoms with Crippen LogP contribution in [-0.4, -0.2) is 41.6 Å². The van der Waals surface area contributed by atoms with Crippen molar-refractivity contribution in [2.75, 3.05) is 19.7 Å². The fourth-order valence-electron chi connectivity index (χ4n) is 2.20. The van der Waals surface area contributed by atoms with Crippen LogP contribution in [-0.2, 0) is 9.59 Å². The van der Waals surface area contributed by atoms with Crippen molar-refractivity contribution in [3.05, 3.63) is 27.7 Å². The molecule has 1 aromatic rings. The van der Waals surface area contributed by atoms with Crippen LogP contribution in [0.3, 0.4) is 0 Å².